The van der Waals surface area contributed by atoms with Gasteiger partial charge in [0, 0.05) is 35.8 Å². The maximum absolute atomic E-state index is 13.9. The Hall–Kier alpha value is -1.41. The van der Waals surface area contributed by atoms with Crippen LogP contribution in [-0.4, -0.2) is 24.0 Å². The molecule has 4 nitrogen and oxygen atoms in total. The number of benzene rings is 1. The molecule has 1 heterocycles. The van der Waals surface area contributed by atoms with Crippen LogP contribution in [0, 0.1) is 5.82 Å². The van der Waals surface area contributed by atoms with Gasteiger partial charge in [0.05, 0.1) is 12.2 Å². The monoisotopic (exact) mass is 460 g/mol. The molecule has 1 aliphatic carbocycles. The van der Waals surface area contributed by atoms with E-state index >= 15 is 0 Å². The van der Waals surface area contributed by atoms with Gasteiger partial charge in [-0.25, -0.2) is 4.39 Å². The van der Waals surface area contributed by atoms with Gasteiger partial charge in [0.15, 0.2) is 5.96 Å². The van der Waals surface area contributed by atoms with Crippen molar-refractivity contribution in [1.82, 2.24) is 15.6 Å². The molecule has 1 aliphatic rings. The molecule has 1 fully saturated rings. The first kappa shape index (κ1) is 18.9. The summed E-state index contributed by atoms with van der Waals surface area (Å²) in [6.07, 6.45) is 2.59. The molecular weight excluding hydrogens is 442 g/mol. The molecule has 0 amide bonds. The average Bonchev–Trinajstić information content (AvgIpc) is 3.31. The van der Waals surface area contributed by atoms with Crippen LogP contribution in [0.1, 0.15) is 23.6 Å². The molecule has 1 saturated carbocycles. The third kappa shape index (κ3) is 4.57. The molecule has 0 bridgehead atoms. The first-order valence-corrected chi connectivity index (χ1v) is 7.88. The van der Waals surface area contributed by atoms with Crippen molar-refractivity contribution < 1.29 is 4.39 Å². The van der Waals surface area contributed by atoms with Crippen LogP contribution in [-0.2, 0) is 6.54 Å². The van der Waals surface area contributed by atoms with E-state index in [0.29, 0.717) is 23.1 Å². The number of aliphatic imine (C=N–C) groups is 1. The topological polar surface area (TPSA) is 49.3 Å². The summed E-state index contributed by atoms with van der Waals surface area (Å²) in [6.45, 7) is 0.582. The summed E-state index contributed by atoms with van der Waals surface area (Å²) in [5, 5.41) is 6.99. The Balaban J connectivity index is 0.00000208. The number of hydrogen-bond donors (Lipinski definition) is 2. The predicted octanol–water partition coefficient (Wildman–Crippen LogP) is 3.71. The Morgan fingerprint density at radius 3 is 2.83 bits per heavy atom. The van der Waals surface area contributed by atoms with E-state index in [-0.39, 0.29) is 41.8 Å². The van der Waals surface area contributed by atoms with Crippen LogP contribution < -0.4 is 10.6 Å². The van der Waals surface area contributed by atoms with Crippen molar-refractivity contribution in [3.05, 3.63) is 64.7 Å². The molecule has 2 N–H and O–H groups in total. The van der Waals surface area contributed by atoms with Crippen molar-refractivity contribution in [2.75, 3.05) is 7.05 Å². The molecule has 0 radical (unpaired) electrons. The van der Waals surface area contributed by atoms with Crippen LogP contribution in [0.4, 0.5) is 4.39 Å². The maximum Gasteiger partial charge on any atom is 0.191 e. The van der Waals surface area contributed by atoms with Gasteiger partial charge >= 0.3 is 0 Å². The highest BCUT2D eigenvalue weighted by Gasteiger charge is 2.41. The largest absolute Gasteiger partial charge is 0.353 e. The third-order valence-corrected chi connectivity index (χ3v) is 4.20. The lowest BCUT2D eigenvalue weighted by molar-refractivity contribution is 0.608. The number of rotatable bonds is 4. The minimum absolute atomic E-state index is 0. The molecule has 24 heavy (non-hydrogen) atoms. The van der Waals surface area contributed by atoms with Crippen molar-refractivity contribution in [1.29, 1.82) is 0 Å². The van der Waals surface area contributed by atoms with Crippen molar-refractivity contribution >= 4 is 41.5 Å². The van der Waals surface area contributed by atoms with Gasteiger partial charge in [-0.2, -0.15) is 0 Å². The molecule has 128 valence electrons. The number of halogens is 3. The molecule has 2 unspecified atom stereocenters. The van der Waals surface area contributed by atoms with Crippen molar-refractivity contribution in [2.45, 2.75) is 24.9 Å². The zero-order chi connectivity index (χ0) is 16.2. The van der Waals surface area contributed by atoms with E-state index in [1.165, 1.54) is 6.07 Å². The van der Waals surface area contributed by atoms with Crippen LogP contribution in [0.3, 0.4) is 0 Å². The SMILES string of the molecule is CN=C(NCc1ccccn1)NC1CC1c1c(F)cccc1Cl.I. The Labute approximate surface area is 162 Å². The molecule has 0 spiro atoms. The lowest BCUT2D eigenvalue weighted by atomic mass is 10.1. The van der Waals surface area contributed by atoms with E-state index in [9.17, 15) is 4.39 Å². The van der Waals surface area contributed by atoms with Gasteiger partial charge in [-0.05, 0) is 30.7 Å². The Bertz CT molecular complexity index is 691. The summed E-state index contributed by atoms with van der Waals surface area (Å²) in [4.78, 5) is 8.45. The fourth-order valence-corrected chi connectivity index (χ4v) is 2.89. The highest BCUT2D eigenvalue weighted by atomic mass is 127. The molecule has 2 aromatic rings. The molecular formula is C17H19ClFIN4. The minimum Gasteiger partial charge on any atom is -0.353 e. The van der Waals surface area contributed by atoms with Crippen LogP contribution in [0.5, 0.6) is 0 Å². The van der Waals surface area contributed by atoms with Gasteiger partial charge < -0.3 is 10.6 Å². The summed E-state index contributed by atoms with van der Waals surface area (Å²) in [7, 11) is 1.71. The highest BCUT2D eigenvalue weighted by molar-refractivity contribution is 14.0. The Morgan fingerprint density at radius 2 is 2.17 bits per heavy atom. The van der Waals surface area contributed by atoms with Crippen molar-refractivity contribution in [3.63, 3.8) is 0 Å². The van der Waals surface area contributed by atoms with Crippen LogP contribution in [0.15, 0.2) is 47.6 Å². The summed E-state index contributed by atoms with van der Waals surface area (Å²) < 4.78 is 13.9. The second-order valence-electron chi connectivity index (χ2n) is 5.48. The number of aromatic nitrogens is 1. The number of hydrogen-bond acceptors (Lipinski definition) is 2. The van der Waals surface area contributed by atoms with E-state index in [1.54, 1.807) is 25.4 Å². The maximum atomic E-state index is 13.9. The molecule has 1 aromatic heterocycles. The minimum atomic E-state index is -0.247. The summed E-state index contributed by atoms with van der Waals surface area (Å²) in [5.41, 5.74) is 1.52. The van der Waals surface area contributed by atoms with Gasteiger partial charge in [-0.1, -0.05) is 23.7 Å². The van der Waals surface area contributed by atoms with Crippen molar-refractivity contribution in [2.24, 2.45) is 4.99 Å². The Morgan fingerprint density at radius 1 is 1.33 bits per heavy atom. The normalized spacial score (nSPS) is 19.4. The fraction of sp³-hybridized carbons (Fsp3) is 0.294. The first-order chi connectivity index (χ1) is 11.2. The second kappa shape index (κ2) is 8.62. The van der Waals surface area contributed by atoms with Gasteiger partial charge in [-0.15, -0.1) is 24.0 Å². The van der Waals surface area contributed by atoms with Crippen LogP contribution in [0.25, 0.3) is 0 Å². The van der Waals surface area contributed by atoms with Crippen molar-refractivity contribution in [3.8, 4) is 0 Å². The van der Waals surface area contributed by atoms with Gasteiger partial charge in [-0.3, -0.25) is 9.98 Å². The summed E-state index contributed by atoms with van der Waals surface area (Å²) in [5.74, 6) is 0.510. The third-order valence-electron chi connectivity index (χ3n) is 3.87. The van der Waals surface area contributed by atoms with Crippen LogP contribution >= 0.6 is 35.6 Å². The molecule has 0 saturated heterocycles. The first-order valence-electron chi connectivity index (χ1n) is 7.50. The molecule has 0 aliphatic heterocycles. The average molecular weight is 461 g/mol. The smallest absolute Gasteiger partial charge is 0.191 e. The lowest BCUT2D eigenvalue weighted by Crippen LogP contribution is -2.38. The van der Waals surface area contributed by atoms with E-state index in [1.807, 2.05) is 18.2 Å². The number of nitrogens with zero attached hydrogens (tertiary/aromatic N) is 2. The highest BCUT2D eigenvalue weighted by Crippen LogP contribution is 2.44. The lowest BCUT2D eigenvalue weighted by Gasteiger charge is -2.12. The van der Waals surface area contributed by atoms with E-state index < -0.39 is 0 Å². The number of guanidine groups is 1. The second-order valence-corrected chi connectivity index (χ2v) is 5.88. The van der Waals surface area contributed by atoms with E-state index in [0.717, 1.165) is 12.1 Å². The molecule has 1 aromatic carbocycles. The van der Waals surface area contributed by atoms with Gasteiger partial charge in [0.2, 0.25) is 0 Å². The summed E-state index contributed by atoms with van der Waals surface area (Å²) >= 11 is 6.12. The van der Waals surface area contributed by atoms with E-state index in [4.69, 9.17) is 11.6 Å². The zero-order valence-corrected chi connectivity index (χ0v) is 16.3. The van der Waals surface area contributed by atoms with Crippen LogP contribution in [0.2, 0.25) is 5.02 Å². The summed E-state index contributed by atoms with van der Waals surface area (Å²) in [6, 6.07) is 10.7. The number of nitrogens with one attached hydrogen (secondary N) is 2. The van der Waals surface area contributed by atoms with Gasteiger partial charge in [0.1, 0.15) is 5.82 Å². The zero-order valence-electron chi connectivity index (χ0n) is 13.2. The standard InChI is InChI=1S/C17H18ClFN4.HI/c1-20-17(22-10-11-5-2-3-8-21-11)23-15-9-12(15)16-13(18)6-4-7-14(16)19;/h2-8,12,15H,9-10H2,1H3,(H2,20,22,23);1H. The van der Waals surface area contributed by atoms with E-state index in [2.05, 4.69) is 20.6 Å². The number of pyridine rings is 1. The fourth-order valence-electron chi connectivity index (χ4n) is 2.59. The molecule has 7 heteroatoms. The van der Waals surface area contributed by atoms with Gasteiger partial charge in [0.25, 0.3) is 0 Å². The molecule has 2 atom stereocenters. The predicted molar refractivity (Wildman–Crippen MR) is 106 cm³/mol. The molecule has 3 rings (SSSR count). The quantitative estimate of drug-likeness (QED) is 0.415. The Kier molecular flexibility index (Phi) is 6.79.